The molecule has 0 bridgehead atoms. The van der Waals surface area contributed by atoms with E-state index in [0.717, 1.165) is 11.3 Å². The minimum Gasteiger partial charge on any atom is -0.380 e. The van der Waals surface area contributed by atoms with Crippen LogP contribution in [0.2, 0.25) is 0 Å². The van der Waals surface area contributed by atoms with Gasteiger partial charge in [0.25, 0.3) is 5.91 Å². The summed E-state index contributed by atoms with van der Waals surface area (Å²) in [4.78, 5) is 23.0. The van der Waals surface area contributed by atoms with E-state index in [1.54, 1.807) is 30.2 Å². The number of nitrogens with zero attached hydrogens (tertiary/aromatic N) is 3. The average Bonchev–Trinajstić information content (AvgIpc) is 3.10. The van der Waals surface area contributed by atoms with E-state index in [0.29, 0.717) is 35.9 Å². The lowest BCUT2D eigenvalue weighted by Crippen LogP contribution is -2.26. The first kappa shape index (κ1) is 24.6. The maximum Gasteiger partial charge on any atom is 0.254 e. The van der Waals surface area contributed by atoms with Crippen LogP contribution < -0.4 is 10.6 Å². The fourth-order valence-corrected chi connectivity index (χ4v) is 4.35. The fraction of sp³-hybridized carbons (Fsp3) is 0.370. The molecule has 1 aliphatic rings. The Bertz CT molecular complexity index is 1290. The number of rotatable bonds is 6. The molecule has 0 aliphatic carbocycles. The van der Waals surface area contributed by atoms with Crippen LogP contribution >= 0.6 is 0 Å². The molecule has 1 aromatic carbocycles. The number of hydrogen-bond donors (Lipinski definition) is 2. The van der Waals surface area contributed by atoms with Crippen LogP contribution in [0.5, 0.6) is 0 Å². The van der Waals surface area contributed by atoms with Crippen LogP contribution in [-0.2, 0) is 6.54 Å². The molecule has 0 fully saturated rings. The topological polar surface area (TPSA) is 70.2 Å². The number of amides is 1. The van der Waals surface area contributed by atoms with Gasteiger partial charge in [-0.25, -0.2) is 13.8 Å². The van der Waals surface area contributed by atoms with Gasteiger partial charge in [0, 0.05) is 51.9 Å². The minimum atomic E-state index is -0.577. The highest BCUT2D eigenvalue weighted by molar-refractivity contribution is 5.99. The monoisotopic (exact) mass is 479 g/mol. The van der Waals surface area contributed by atoms with Gasteiger partial charge in [-0.3, -0.25) is 9.78 Å². The van der Waals surface area contributed by atoms with Crippen molar-refractivity contribution in [3.05, 3.63) is 70.5 Å². The molecule has 0 saturated heterocycles. The third-order valence-corrected chi connectivity index (χ3v) is 5.96. The van der Waals surface area contributed by atoms with Gasteiger partial charge >= 0.3 is 0 Å². The normalized spacial score (nSPS) is 14.2. The average molecular weight is 480 g/mol. The van der Waals surface area contributed by atoms with E-state index in [-0.39, 0.29) is 22.6 Å². The third-order valence-electron chi connectivity index (χ3n) is 5.96. The zero-order chi connectivity index (χ0) is 25.5. The minimum absolute atomic E-state index is 0.0480. The van der Waals surface area contributed by atoms with Crippen LogP contribution in [0.3, 0.4) is 0 Å². The summed E-state index contributed by atoms with van der Waals surface area (Å²) in [7, 11) is 0. The maximum absolute atomic E-state index is 15.3. The molecule has 0 radical (unpaired) electrons. The lowest BCUT2D eigenvalue weighted by atomic mass is 10.0. The standard InChI is InChI=1S/C27H31F2N5O/c1-7-34-14-21-18(26(34)35)8-9-30-25(21)32-16(3)19-12-23(29)20(13-22(19)28)24-11-17(10-15(2)31-24)33-27(4,5)6/h8-13,16H,7,14H2,1-6H3,(H,30,32)(H,31,33). The summed E-state index contributed by atoms with van der Waals surface area (Å²) in [6.45, 7) is 12.6. The molecular weight excluding hydrogens is 448 g/mol. The van der Waals surface area contributed by atoms with Crippen molar-refractivity contribution in [1.29, 1.82) is 0 Å². The number of anilines is 2. The molecule has 8 heteroatoms. The van der Waals surface area contributed by atoms with Gasteiger partial charge < -0.3 is 15.5 Å². The van der Waals surface area contributed by atoms with Crippen LogP contribution in [0, 0.1) is 18.6 Å². The molecule has 1 amide bonds. The number of carbonyl (C=O) groups is 1. The molecule has 4 rings (SSSR count). The summed E-state index contributed by atoms with van der Waals surface area (Å²) in [6.07, 6.45) is 1.55. The van der Waals surface area contributed by atoms with E-state index in [9.17, 15) is 4.79 Å². The van der Waals surface area contributed by atoms with Crippen molar-refractivity contribution in [2.45, 2.75) is 59.7 Å². The van der Waals surface area contributed by atoms with Crippen LogP contribution in [0.25, 0.3) is 11.3 Å². The second kappa shape index (κ2) is 9.24. The highest BCUT2D eigenvalue weighted by Gasteiger charge is 2.29. The molecule has 0 saturated carbocycles. The zero-order valence-electron chi connectivity index (χ0n) is 21.0. The van der Waals surface area contributed by atoms with Gasteiger partial charge in [-0.2, -0.15) is 0 Å². The Morgan fingerprint density at radius 1 is 1.11 bits per heavy atom. The zero-order valence-corrected chi connectivity index (χ0v) is 21.0. The largest absolute Gasteiger partial charge is 0.380 e. The summed E-state index contributed by atoms with van der Waals surface area (Å²) in [5.41, 5.74) is 3.29. The molecule has 2 aromatic heterocycles. The molecule has 1 unspecified atom stereocenters. The summed E-state index contributed by atoms with van der Waals surface area (Å²) >= 11 is 0. The van der Waals surface area contributed by atoms with Crippen molar-refractivity contribution < 1.29 is 13.6 Å². The third kappa shape index (κ3) is 5.11. The highest BCUT2D eigenvalue weighted by atomic mass is 19.1. The van der Waals surface area contributed by atoms with Crippen LogP contribution in [0.15, 0.2) is 36.5 Å². The Morgan fingerprint density at radius 2 is 1.86 bits per heavy atom. The number of halogens is 2. The SMILES string of the molecule is CCN1Cc2c(ccnc2NC(C)c2cc(F)c(-c3cc(NC(C)(C)C)cc(C)n3)cc2F)C1=O. The van der Waals surface area contributed by atoms with E-state index in [1.165, 1.54) is 12.1 Å². The number of fused-ring (bicyclic) bond motifs is 1. The molecule has 1 aliphatic heterocycles. The number of hydrogen-bond acceptors (Lipinski definition) is 5. The first-order valence-corrected chi connectivity index (χ1v) is 11.8. The van der Waals surface area contributed by atoms with Crippen LogP contribution in [0.1, 0.15) is 67.8 Å². The van der Waals surface area contributed by atoms with E-state index in [2.05, 4.69) is 20.6 Å². The highest BCUT2D eigenvalue weighted by Crippen LogP contribution is 2.33. The Labute approximate surface area is 204 Å². The Balaban J connectivity index is 1.63. The van der Waals surface area contributed by atoms with Crippen molar-refractivity contribution in [3.8, 4) is 11.3 Å². The molecular formula is C27H31F2N5O. The molecule has 0 spiro atoms. The molecule has 1 atom stereocenters. The fourth-order valence-electron chi connectivity index (χ4n) is 4.35. The molecule has 184 valence electrons. The molecule has 2 N–H and O–H groups in total. The summed E-state index contributed by atoms with van der Waals surface area (Å²) in [5, 5.41) is 6.53. The van der Waals surface area contributed by atoms with E-state index < -0.39 is 17.7 Å². The second-order valence-corrected chi connectivity index (χ2v) is 9.98. The Hall–Kier alpha value is -3.55. The molecule has 3 heterocycles. The Morgan fingerprint density at radius 3 is 2.54 bits per heavy atom. The predicted molar refractivity (Wildman–Crippen MR) is 134 cm³/mol. The number of carbonyl (C=O) groups excluding carboxylic acids is 1. The van der Waals surface area contributed by atoms with Gasteiger partial charge in [-0.15, -0.1) is 0 Å². The van der Waals surface area contributed by atoms with E-state index >= 15 is 8.78 Å². The summed E-state index contributed by atoms with van der Waals surface area (Å²) in [5.74, 6) is -0.656. The lowest BCUT2D eigenvalue weighted by molar-refractivity contribution is 0.0787. The molecule has 3 aromatic rings. The number of aryl methyl sites for hydroxylation is 1. The van der Waals surface area contributed by atoms with Gasteiger partial charge in [0.15, 0.2) is 0 Å². The van der Waals surface area contributed by atoms with Crippen molar-refractivity contribution in [2.24, 2.45) is 0 Å². The Kier molecular flexibility index (Phi) is 6.49. The van der Waals surface area contributed by atoms with Crippen molar-refractivity contribution in [1.82, 2.24) is 14.9 Å². The number of benzene rings is 1. The van der Waals surface area contributed by atoms with Gasteiger partial charge in [-0.05, 0) is 71.9 Å². The van der Waals surface area contributed by atoms with Gasteiger partial charge in [0.2, 0.25) is 0 Å². The van der Waals surface area contributed by atoms with E-state index in [4.69, 9.17) is 0 Å². The van der Waals surface area contributed by atoms with Gasteiger partial charge in [0.1, 0.15) is 17.5 Å². The van der Waals surface area contributed by atoms with E-state index in [1.807, 2.05) is 40.7 Å². The number of nitrogens with one attached hydrogen (secondary N) is 2. The first-order chi connectivity index (χ1) is 16.5. The van der Waals surface area contributed by atoms with Crippen molar-refractivity contribution >= 4 is 17.4 Å². The molecule has 6 nitrogen and oxygen atoms in total. The first-order valence-electron chi connectivity index (χ1n) is 11.8. The van der Waals surface area contributed by atoms with Crippen LogP contribution in [-0.4, -0.2) is 32.9 Å². The van der Waals surface area contributed by atoms with Gasteiger partial charge in [0.05, 0.1) is 18.3 Å². The summed E-state index contributed by atoms with van der Waals surface area (Å²) in [6, 6.07) is 7.11. The predicted octanol–water partition coefficient (Wildman–Crippen LogP) is 6.09. The quantitative estimate of drug-likeness (QED) is 0.448. The number of aromatic nitrogens is 2. The van der Waals surface area contributed by atoms with Gasteiger partial charge in [-0.1, -0.05) is 0 Å². The maximum atomic E-state index is 15.3. The second-order valence-electron chi connectivity index (χ2n) is 9.98. The van der Waals surface area contributed by atoms with Crippen molar-refractivity contribution in [2.75, 3.05) is 17.2 Å². The lowest BCUT2D eigenvalue weighted by Gasteiger charge is -2.23. The smallest absolute Gasteiger partial charge is 0.254 e. The number of pyridine rings is 2. The molecule has 35 heavy (non-hydrogen) atoms. The van der Waals surface area contributed by atoms with Crippen LogP contribution in [0.4, 0.5) is 20.3 Å². The van der Waals surface area contributed by atoms with Crippen molar-refractivity contribution in [3.63, 3.8) is 0 Å². The summed E-state index contributed by atoms with van der Waals surface area (Å²) < 4.78 is 30.5.